The van der Waals surface area contributed by atoms with Crippen molar-refractivity contribution in [2.75, 3.05) is 0 Å². The van der Waals surface area contributed by atoms with E-state index in [1.807, 2.05) is 7.05 Å². The first-order chi connectivity index (χ1) is 5.99. The minimum Gasteiger partial charge on any atom is -0.292 e. The molecule has 0 radical (unpaired) electrons. The lowest BCUT2D eigenvalue weighted by Gasteiger charge is -2.27. The first kappa shape index (κ1) is 8.41. The molecule has 1 aliphatic rings. The van der Waals surface area contributed by atoms with Crippen molar-refractivity contribution in [3.63, 3.8) is 0 Å². The Morgan fingerprint density at radius 1 is 1.38 bits per heavy atom. The van der Waals surface area contributed by atoms with Crippen molar-refractivity contribution in [2.24, 2.45) is 12.5 Å². The Morgan fingerprint density at radius 2 is 2.08 bits per heavy atom. The Labute approximate surface area is 76.9 Å². The van der Waals surface area contributed by atoms with Gasteiger partial charge in [-0.05, 0) is 11.8 Å². The molecule has 1 aliphatic carbocycles. The molecule has 0 aromatic carbocycles. The minimum atomic E-state index is 0.0551. The number of carbonyl (C=O) groups is 1. The normalized spacial score (nSPS) is 20.1. The van der Waals surface area contributed by atoms with Gasteiger partial charge in [-0.15, -0.1) is 5.10 Å². The van der Waals surface area contributed by atoms with Crippen LogP contribution in [0.4, 0.5) is 0 Å². The molecule has 0 unspecified atom stereocenters. The highest BCUT2D eigenvalue weighted by atomic mass is 16.1. The number of aryl methyl sites for hydroxylation is 1. The summed E-state index contributed by atoms with van der Waals surface area (Å²) in [6, 6.07) is 0. The number of carbonyl (C=O) groups excluding carboxylic acids is 1. The van der Waals surface area contributed by atoms with Gasteiger partial charge in [0.2, 0.25) is 0 Å². The largest absolute Gasteiger partial charge is 0.292 e. The molecule has 0 amide bonds. The second-order valence-corrected chi connectivity index (χ2v) is 4.45. The van der Waals surface area contributed by atoms with Crippen LogP contribution in [0.25, 0.3) is 0 Å². The molecule has 0 atom stereocenters. The summed E-state index contributed by atoms with van der Waals surface area (Å²) >= 11 is 0. The van der Waals surface area contributed by atoms with Crippen molar-refractivity contribution in [2.45, 2.75) is 26.7 Å². The molecule has 0 N–H and O–H groups in total. The van der Waals surface area contributed by atoms with Crippen LogP contribution in [0.5, 0.6) is 0 Å². The number of ketones is 1. The van der Waals surface area contributed by atoms with Gasteiger partial charge >= 0.3 is 0 Å². The molecular formula is C9H13N3O. The zero-order chi connectivity index (χ0) is 9.64. The van der Waals surface area contributed by atoms with E-state index in [0.29, 0.717) is 12.1 Å². The predicted molar refractivity (Wildman–Crippen MR) is 47.4 cm³/mol. The first-order valence-electron chi connectivity index (χ1n) is 4.41. The minimum absolute atomic E-state index is 0.0551. The van der Waals surface area contributed by atoms with Crippen molar-refractivity contribution in [1.82, 2.24) is 15.0 Å². The van der Waals surface area contributed by atoms with E-state index in [2.05, 4.69) is 24.2 Å². The maximum absolute atomic E-state index is 11.6. The maximum atomic E-state index is 11.6. The van der Waals surface area contributed by atoms with Crippen LogP contribution in [0.2, 0.25) is 0 Å². The highest BCUT2D eigenvalue weighted by Crippen LogP contribution is 2.33. The molecule has 2 rings (SSSR count). The van der Waals surface area contributed by atoms with Crippen LogP contribution in [0.15, 0.2) is 0 Å². The van der Waals surface area contributed by atoms with Crippen LogP contribution in [0.3, 0.4) is 0 Å². The fraction of sp³-hybridized carbons (Fsp3) is 0.667. The molecular weight excluding hydrogens is 166 g/mol. The number of rotatable bonds is 0. The third kappa shape index (κ3) is 1.26. The summed E-state index contributed by atoms with van der Waals surface area (Å²) in [7, 11) is 1.83. The third-order valence-corrected chi connectivity index (χ3v) is 2.49. The molecule has 4 nitrogen and oxygen atoms in total. The molecule has 70 valence electrons. The summed E-state index contributed by atoms with van der Waals surface area (Å²) < 4.78 is 1.70. The topological polar surface area (TPSA) is 47.8 Å². The van der Waals surface area contributed by atoms with Crippen LogP contribution < -0.4 is 0 Å². The fourth-order valence-corrected chi connectivity index (χ4v) is 1.83. The zero-order valence-electron chi connectivity index (χ0n) is 8.16. The highest BCUT2D eigenvalue weighted by Gasteiger charge is 2.34. The lowest BCUT2D eigenvalue weighted by Crippen LogP contribution is -2.28. The second-order valence-electron chi connectivity index (χ2n) is 4.45. The average Bonchev–Trinajstić information content (AvgIpc) is 2.30. The predicted octanol–water partition coefficient (Wildman–Crippen LogP) is 0.970. The Hall–Kier alpha value is -1.19. The number of hydrogen-bond acceptors (Lipinski definition) is 3. The summed E-state index contributed by atoms with van der Waals surface area (Å²) in [5, 5.41) is 7.73. The van der Waals surface area contributed by atoms with Crippen LogP contribution >= 0.6 is 0 Å². The SMILES string of the molecule is Cn1nnc2c1CC(C)(C)CC2=O. The highest BCUT2D eigenvalue weighted by molar-refractivity contribution is 5.96. The quantitative estimate of drug-likeness (QED) is 0.596. The van der Waals surface area contributed by atoms with Crippen LogP contribution in [0.1, 0.15) is 36.5 Å². The molecule has 0 saturated carbocycles. The van der Waals surface area contributed by atoms with Gasteiger partial charge in [0.15, 0.2) is 11.5 Å². The number of hydrogen-bond donors (Lipinski definition) is 0. The molecule has 0 saturated heterocycles. The van der Waals surface area contributed by atoms with Crippen molar-refractivity contribution in [1.29, 1.82) is 0 Å². The lowest BCUT2D eigenvalue weighted by molar-refractivity contribution is 0.0905. The van der Waals surface area contributed by atoms with Gasteiger partial charge in [-0.1, -0.05) is 19.1 Å². The summed E-state index contributed by atoms with van der Waals surface area (Å²) in [5.74, 6) is 0.124. The smallest absolute Gasteiger partial charge is 0.185 e. The van der Waals surface area contributed by atoms with Gasteiger partial charge in [0.25, 0.3) is 0 Å². The molecule has 0 fully saturated rings. The molecule has 1 aromatic heterocycles. The monoisotopic (exact) mass is 179 g/mol. The summed E-state index contributed by atoms with van der Waals surface area (Å²) in [4.78, 5) is 11.6. The van der Waals surface area contributed by atoms with E-state index in [1.54, 1.807) is 4.68 Å². The molecule has 0 spiro atoms. The molecule has 4 heteroatoms. The van der Waals surface area contributed by atoms with E-state index >= 15 is 0 Å². The number of aromatic nitrogens is 3. The number of fused-ring (bicyclic) bond motifs is 1. The number of Topliss-reactive ketones (excluding diaryl/α,β-unsaturated/α-hetero) is 1. The second kappa shape index (κ2) is 2.40. The fourth-order valence-electron chi connectivity index (χ4n) is 1.83. The maximum Gasteiger partial charge on any atom is 0.185 e. The van der Waals surface area contributed by atoms with Crippen LogP contribution in [-0.4, -0.2) is 20.8 Å². The van der Waals surface area contributed by atoms with E-state index in [1.165, 1.54) is 0 Å². The Kier molecular flexibility index (Phi) is 1.55. The van der Waals surface area contributed by atoms with Crippen LogP contribution in [0, 0.1) is 5.41 Å². The van der Waals surface area contributed by atoms with Crippen molar-refractivity contribution in [3.05, 3.63) is 11.4 Å². The van der Waals surface area contributed by atoms with E-state index in [0.717, 1.165) is 12.1 Å². The first-order valence-corrected chi connectivity index (χ1v) is 4.41. The zero-order valence-corrected chi connectivity index (χ0v) is 8.16. The summed E-state index contributed by atoms with van der Waals surface area (Å²) in [5.41, 5.74) is 1.60. The van der Waals surface area contributed by atoms with Gasteiger partial charge in [-0.2, -0.15) is 0 Å². The number of nitrogens with zero attached hydrogens (tertiary/aromatic N) is 3. The van der Waals surface area contributed by atoms with Gasteiger partial charge in [0, 0.05) is 13.5 Å². The van der Waals surface area contributed by atoms with Crippen molar-refractivity contribution >= 4 is 5.78 Å². The molecule has 0 aliphatic heterocycles. The Bertz CT molecular complexity index is 365. The standard InChI is InChI=1S/C9H13N3O/c1-9(2)4-6-8(7(13)5-9)10-11-12(6)3/h4-5H2,1-3H3. The molecule has 13 heavy (non-hydrogen) atoms. The van der Waals surface area contributed by atoms with Crippen molar-refractivity contribution in [3.8, 4) is 0 Å². The lowest BCUT2D eigenvalue weighted by atomic mass is 9.77. The molecule has 1 heterocycles. The summed E-state index contributed by atoms with van der Waals surface area (Å²) in [6.45, 7) is 4.20. The molecule has 1 aromatic rings. The third-order valence-electron chi connectivity index (χ3n) is 2.49. The Balaban J connectivity index is 2.51. The summed E-state index contributed by atoms with van der Waals surface area (Å²) in [6.07, 6.45) is 1.47. The van der Waals surface area contributed by atoms with E-state index < -0.39 is 0 Å². The Morgan fingerprint density at radius 3 is 2.77 bits per heavy atom. The molecule has 0 bridgehead atoms. The van der Waals surface area contributed by atoms with Gasteiger partial charge in [-0.25, -0.2) is 0 Å². The van der Waals surface area contributed by atoms with Crippen LogP contribution in [-0.2, 0) is 13.5 Å². The van der Waals surface area contributed by atoms with Crippen molar-refractivity contribution < 1.29 is 4.79 Å². The average molecular weight is 179 g/mol. The van der Waals surface area contributed by atoms with Gasteiger partial charge in [0.1, 0.15) is 0 Å². The van der Waals surface area contributed by atoms with Gasteiger partial charge in [-0.3, -0.25) is 9.48 Å². The van der Waals surface area contributed by atoms with E-state index in [-0.39, 0.29) is 11.2 Å². The van der Waals surface area contributed by atoms with Gasteiger partial charge < -0.3 is 0 Å². The van der Waals surface area contributed by atoms with Gasteiger partial charge in [0.05, 0.1) is 5.69 Å². The van der Waals surface area contributed by atoms with E-state index in [9.17, 15) is 4.79 Å². The van der Waals surface area contributed by atoms with E-state index in [4.69, 9.17) is 0 Å².